The van der Waals surface area contributed by atoms with Crippen LogP contribution in [-0.2, 0) is 11.2 Å². The highest BCUT2D eigenvalue weighted by Gasteiger charge is 2.20. The minimum Gasteiger partial charge on any atom is -0.461 e. The van der Waals surface area contributed by atoms with Crippen molar-refractivity contribution in [2.75, 3.05) is 6.61 Å². The monoisotopic (exact) mass is 447 g/mol. The Bertz CT molecular complexity index is 1060. The van der Waals surface area contributed by atoms with E-state index in [0.29, 0.717) is 17.9 Å². The van der Waals surface area contributed by atoms with Gasteiger partial charge in [0, 0.05) is 17.3 Å². The van der Waals surface area contributed by atoms with Crippen LogP contribution >= 0.6 is 0 Å². The first-order valence-electron chi connectivity index (χ1n) is 11.6. The Morgan fingerprint density at radius 1 is 1.03 bits per heavy atom. The van der Waals surface area contributed by atoms with Gasteiger partial charge in [0.25, 0.3) is 5.91 Å². The maximum Gasteiger partial charge on any atom is 0.358 e. The molecular formula is C27H33N3O3. The van der Waals surface area contributed by atoms with Crippen LogP contribution in [0.15, 0.2) is 60.7 Å². The first kappa shape index (κ1) is 24.2. The molecule has 0 saturated carbocycles. The summed E-state index contributed by atoms with van der Waals surface area (Å²) in [5.41, 5.74) is 3.89. The molecule has 1 heterocycles. The molecule has 1 N–H and O–H groups in total. The minimum absolute atomic E-state index is 0.0626. The van der Waals surface area contributed by atoms with Gasteiger partial charge in [-0.25, -0.2) is 9.48 Å². The first-order valence-corrected chi connectivity index (χ1v) is 11.6. The van der Waals surface area contributed by atoms with Crippen LogP contribution < -0.4 is 5.32 Å². The second kappa shape index (κ2) is 11.5. The molecule has 0 aliphatic carbocycles. The number of hydrogen-bond donors (Lipinski definition) is 1. The van der Waals surface area contributed by atoms with E-state index in [-0.39, 0.29) is 17.9 Å². The van der Waals surface area contributed by atoms with E-state index >= 15 is 0 Å². The number of carbonyl (C=O) groups is 2. The lowest BCUT2D eigenvalue weighted by molar-refractivity contribution is 0.0518. The van der Waals surface area contributed by atoms with Crippen molar-refractivity contribution in [1.82, 2.24) is 15.1 Å². The number of rotatable bonds is 10. The number of benzene rings is 2. The summed E-state index contributed by atoms with van der Waals surface area (Å²) in [4.78, 5) is 24.9. The van der Waals surface area contributed by atoms with E-state index in [4.69, 9.17) is 4.74 Å². The number of aryl methyl sites for hydroxylation is 1. The van der Waals surface area contributed by atoms with Crippen LogP contribution in [0.3, 0.4) is 0 Å². The topological polar surface area (TPSA) is 73.2 Å². The summed E-state index contributed by atoms with van der Waals surface area (Å²) in [5, 5.41) is 7.56. The van der Waals surface area contributed by atoms with Crippen LogP contribution in [0.1, 0.15) is 78.6 Å². The van der Waals surface area contributed by atoms with Gasteiger partial charge in [0.1, 0.15) is 0 Å². The van der Waals surface area contributed by atoms with Crippen molar-refractivity contribution in [2.24, 2.45) is 0 Å². The normalized spacial score (nSPS) is 12.7. The van der Waals surface area contributed by atoms with Crippen molar-refractivity contribution < 1.29 is 14.3 Å². The summed E-state index contributed by atoms with van der Waals surface area (Å²) in [6, 6.07) is 19.4. The number of aromatic nitrogens is 2. The van der Waals surface area contributed by atoms with Crippen LogP contribution in [0.25, 0.3) is 5.69 Å². The summed E-state index contributed by atoms with van der Waals surface area (Å²) < 4.78 is 6.88. The summed E-state index contributed by atoms with van der Waals surface area (Å²) in [7, 11) is 0. The predicted octanol–water partition coefficient (Wildman–Crippen LogP) is 5.31. The molecule has 1 aromatic heterocycles. The van der Waals surface area contributed by atoms with Crippen LogP contribution in [0.5, 0.6) is 0 Å². The quantitative estimate of drug-likeness (QED) is 0.427. The molecule has 3 rings (SSSR count). The minimum atomic E-state index is -0.429. The summed E-state index contributed by atoms with van der Waals surface area (Å²) in [5.74, 6) is -0.313. The number of hydrogen-bond acceptors (Lipinski definition) is 4. The van der Waals surface area contributed by atoms with Crippen molar-refractivity contribution in [3.05, 3.63) is 83.2 Å². The van der Waals surface area contributed by atoms with E-state index < -0.39 is 5.97 Å². The highest BCUT2D eigenvalue weighted by atomic mass is 16.5. The van der Waals surface area contributed by atoms with Gasteiger partial charge in [-0.15, -0.1) is 0 Å². The molecule has 6 heteroatoms. The van der Waals surface area contributed by atoms with Gasteiger partial charge in [0.2, 0.25) is 0 Å². The number of esters is 1. The van der Waals surface area contributed by atoms with E-state index in [1.54, 1.807) is 29.8 Å². The largest absolute Gasteiger partial charge is 0.461 e. The fourth-order valence-corrected chi connectivity index (χ4v) is 3.63. The lowest BCUT2D eigenvalue weighted by atomic mass is 10.0. The van der Waals surface area contributed by atoms with Crippen LogP contribution in [0.2, 0.25) is 0 Å². The molecule has 3 aromatic rings. The van der Waals surface area contributed by atoms with E-state index in [2.05, 4.69) is 36.4 Å². The second-order valence-corrected chi connectivity index (χ2v) is 8.34. The summed E-state index contributed by atoms with van der Waals surface area (Å²) in [6.07, 6.45) is 2.70. The lowest BCUT2D eigenvalue weighted by Gasteiger charge is -2.15. The SMILES string of the molecule is CCOC(=O)c1cc([C@@H](C)CC)n(-c2ccc(C(=O)N[C@H](C)CCc3ccccc3)cc2)n1. The molecule has 0 fully saturated rings. The smallest absolute Gasteiger partial charge is 0.358 e. The zero-order valence-corrected chi connectivity index (χ0v) is 19.9. The summed E-state index contributed by atoms with van der Waals surface area (Å²) >= 11 is 0. The Balaban J connectivity index is 1.70. The maximum atomic E-state index is 12.7. The maximum absolute atomic E-state index is 12.7. The zero-order valence-electron chi connectivity index (χ0n) is 19.9. The molecule has 0 unspecified atom stereocenters. The molecule has 174 valence electrons. The highest BCUT2D eigenvalue weighted by molar-refractivity contribution is 5.94. The number of amides is 1. The average molecular weight is 448 g/mol. The summed E-state index contributed by atoms with van der Waals surface area (Å²) in [6.45, 7) is 8.29. The fraction of sp³-hybridized carbons (Fsp3) is 0.370. The standard InChI is InChI=1S/C27H33N3O3/c1-5-19(3)25-18-24(27(32)33-6-2)29-30(25)23-16-14-22(15-17-23)26(31)28-20(4)12-13-21-10-8-7-9-11-21/h7-11,14-20H,5-6,12-13H2,1-4H3,(H,28,31)/t19-,20+/m0/s1. The molecule has 2 atom stereocenters. The molecule has 33 heavy (non-hydrogen) atoms. The van der Waals surface area contributed by atoms with Crippen LogP contribution in [-0.4, -0.2) is 34.3 Å². The Kier molecular flexibility index (Phi) is 8.41. The third kappa shape index (κ3) is 6.31. The molecule has 0 spiro atoms. The molecular weight excluding hydrogens is 414 g/mol. The molecule has 0 saturated heterocycles. The van der Waals surface area contributed by atoms with E-state index in [0.717, 1.165) is 30.6 Å². The number of nitrogens with one attached hydrogen (secondary N) is 1. The molecule has 0 aliphatic rings. The fourth-order valence-electron chi connectivity index (χ4n) is 3.63. The van der Waals surface area contributed by atoms with Gasteiger partial charge in [-0.05, 0) is 74.9 Å². The third-order valence-electron chi connectivity index (χ3n) is 5.80. The molecule has 0 aliphatic heterocycles. The number of carbonyl (C=O) groups excluding carboxylic acids is 2. The highest BCUT2D eigenvalue weighted by Crippen LogP contribution is 2.24. The van der Waals surface area contributed by atoms with Crippen molar-refractivity contribution in [3.8, 4) is 5.69 Å². The Hall–Kier alpha value is -3.41. The lowest BCUT2D eigenvalue weighted by Crippen LogP contribution is -2.32. The van der Waals surface area contributed by atoms with Gasteiger partial charge in [-0.3, -0.25) is 4.79 Å². The first-order chi connectivity index (χ1) is 15.9. The van der Waals surface area contributed by atoms with Gasteiger partial charge < -0.3 is 10.1 Å². The van der Waals surface area contributed by atoms with Crippen molar-refractivity contribution in [2.45, 2.75) is 58.9 Å². The molecule has 0 bridgehead atoms. The van der Waals surface area contributed by atoms with Gasteiger partial charge in [0.15, 0.2) is 5.69 Å². The van der Waals surface area contributed by atoms with Gasteiger partial charge in [-0.2, -0.15) is 5.10 Å². The number of ether oxygens (including phenoxy) is 1. The van der Waals surface area contributed by atoms with E-state index in [1.807, 2.05) is 37.3 Å². The van der Waals surface area contributed by atoms with Gasteiger partial charge >= 0.3 is 5.97 Å². The zero-order chi connectivity index (χ0) is 23.8. The van der Waals surface area contributed by atoms with Crippen LogP contribution in [0.4, 0.5) is 0 Å². The average Bonchev–Trinajstić information content (AvgIpc) is 3.29. The predicted molar refractivity (Wildman–Crippen MR) is 130 cm³/mol. The van der Waals surface area contributed by atoms with Gasteiger partial charge in [-0.1, -0.05) is 44.2 Å². The Labute approximate surface area is 196 Å². The molecule has 6 nitrogen and oxygen atoms in total. The van der Waals surface area contributed by atoms with Crippen LogP contribution in [0, 0.1) is 0 Å². The Morgan fingerprint density at radius 3 is 2.36 bits per heavy atom. The third-order valence-corrected chi connectivity index (χ3v) is 5.80. The molecule has 1 amide bonds. The van der Waals surface area contributed by atoms with Gasteiger partial charge in [0.05, 0.1) is 12.3 Å². The van der Waals surface area contributed by atoms with Crippen molar-refractivity contribution >= 4 is 11.9 Å². The van der Waals surface area contributed by atoms with E-state index in [9.17, 15) is 9.59 Å². The molecule has 0 radical (unpaired) electrons. The van der Waals surface area contributed by atoms with Crippen molar-refractivity contribution in [1.29, 1.82) is 0 Å². The van der Waals surface area contributed by atoms with E-state index in [1.165, 1.54) is 5.56 Å². The Morgan fingerprint density at radius 2 is 1.73 bits per heavy atom. The molecule has 2 aromatic carbocycles. The van der Waals surface area contributed by atoms with Crippen molar-refractivity contribution in [3.63, 3.8) is 0 Å². The second-order valence-electron chi connectivity index (χ2n) is 8.34. The number of nitrogens with zero attached hydrogens (tertiary/aromatic N) is 2.